The molecule has 0 aromatic carbocycles. The summed E-state index contributed by atoms with van der Waals surface area (Å²) in [5, 5.41) is 4.36. The molecule has 6 nitrogen and oxygen atoms in total. The number of carbonyl (C=O) groups excluding carboxylic acids is 2. The third-order valence-electron chi connectivity index (χ3n) is 1.94. The maximum atomic E-state index is 11.1. The lowest BCUT2D eigenvalue weighted by atomic mass is 10.3. The van der Waals surface area contributed by atoms with Crippen molar-refractivity contribution in [2.24, 2.45) is 0 Å². The third-order valence-corrected chi connectivity index (χ3v) is 3.95. The monoisotopic (exact) mass is 254 g/mol. The fraction of sp³-hybridized carbons (Fsp3) is 0.714. The number of hydrogen-bond acceptors (Lipinski definition) is 4. The summed E-state index contributed by atoms with van der Waals surface area (Å²) in [7, 11) is -3.03. The van der Waals surface area contributed by atoms with Crippen LogP contribution in [0.2, 0.25) is 0 Å². The zero-order valence-electron chi connectivity index (χ0n) is 7.82. The SMILES string of the molecule is O=C(CCl)NC(=O)NC1CCS(=O)(=O)C1. The Balaban J connectivity index is 2.37. The van der Waals surface area contributed by atoms with Gasteiger partial charge in [-0.25, -0.2) is 13.2 Å². The predicted octanol–water partition coefficient (Wildman–Crippen LogP) is -0.762. The summed E-state index contributed by atoms with van der Waals surface area (Å²) in [6, 6.07) is -1.12. The molecule has 0 radical (unpaired) electrons. The summed E-state index contributed by atoms with van der Waals surface area (Å²) in [6.45, 7) is 0. The Bertz CT molecular complexity index is 367. The van der Waals surface area contributed by atoms with Crippen molar-refractivity contribution in [1.82, 2.24) is 10.6 Å². The third kappa shape index (κ3) is 4.05. The van der Waals surface area contributed by atoms with Crippen LogP contribution in [0.15, 0.2) is 0 Å². The molecule has 1 heterocycles. The lowest BCUT2D eigenvalue weighted by Crippen LogP contribution is -2.45. The molecule has 1 saturated heterocycles. The molecule has 1 aliphatic rings. The van der Waals surface area contributed by atoms with Crippen molar-refractivity contribution < 1.29 is 18.0 Å². The van der Waals surface area contributed by atoms with Crippen molar-refractivity contribution in [3.05, 3.63) is 0 Å². The normalized spacial score (nSPS) is 23.4. The number of nitrogens with one attached hydrogen (secondary N) is 2. The summed E-state index contributed by atoms with van der Waals surface area (Å²) < 4.78 is 22.1. The van der Waals surface area contributed by atoms with Crippen LogP contribution in [0, 0.1) is 0 Å². The molecule has 0 bridgehead atoms. The predicted molar refractivity (Wildman–Crippen MR) is 54.5 cm³/mol. The summed E-state index contributed by atoms with van der Waals surface area (Å²) in [5.74, 6) is -0.928. The van der Waals surface area contributed by atoms with Gasteiger partial charge in [0.2, 0.25) is 5.91 Å². The lowest BCUT2D eigenvalue weighted by Gasteiger charge is -2.10. The van der Waals surface area contributed by atoms with Gasteiger partial charge in [0.1, 0.15) is 5.88 Å². The van der Waals surface area contributed by atoms with Crippen LogP contribution in [0.3, 0.4) is 0 Å². The summed E-state index contributed by atoms with van der Waals surface area (Å²) in [5.41, 5.74) is 0. The van der Waals surface area contributed by atoms with Gasteiger partial charge in [0.05, 0.1) is 11.5 Å². The number of halogens is 1. The molecule has 0 saturated carbocycles. The first-order valence-electron chi connectivity index (χ1n) is 4.29. The minimum Gasteiger partial charge on any atom is -0.334 e. The summed E-state index contributed by atoms with van der Waals surface area (Å²) in [4.78, 5) is 21.8. The van der Waals surface area contributed by atoms with Gasteiger partial charge in [-0.05, 0) is 6.42 Å². The van der Waals surface area contributed by atoms with Crippen molar-refractivity contribution in [3.8, 4) is 0 Å². The van der Waals surface area contributed by atoms with Crippen LogP contribution < -0.4 is 10.6 Å². The van der Waals surface area contributed by atoms with E-state index in [0.717, 1.165) is 0 Å². The zero-order chi connectivity index (χ0) is 11.5. The fourth-order valence-corrected chi connectivity index (χ4v) is 3.03. The first-order chi connectivity index (χ1) is 6.93. The largest absolute Gasteiger partial charge is 0.334 e. The molecule has 1 unspecified atom stereocenters. The van der Waals surface area contributed by atoms with E-state index in [0.29, 0.717) is 6.42 Å². The molecule has 0 aromatic rings. The van der Waals surface area contributed by atoms with Gasteiger partial charge in [-0.15, -0.1) is 11.6 Å². The van der Waals surface area contributed by atoms with E-state index in [1.807, 2.05) is 5.32 Å². The van der Waals surface area contributed by atoms with E-state index in [1.165, 1.54) is 0 Å². The number of imide groups is 1. The molecule has 15 heavy (non-hydrogen) atoms. The number of rotatable bonds is 2. The van der Waals surface area contributed by atoms with Crippen LogP contribution in [0.25, 0.3) is 0 Å². The Morgan fingerprint density at radius 1 is 1.40 bits per heavy atom. The highest BCUT2D eigenvalue weighted by molar-refractivity contribution is 7.91. The molecule has 1 aliphatic heterocycles. The zero-order valence-corrected chi connectivity index (χ0v) is 9.40. The average molecular weight is 255 g/mol. The molecule has 86 valence electrons. The first-order valence-corrected chi connectivity index (χ1v) is 6.65. The maximum absolute atomic E-state index is 11.1. The van der Waals surface area contributed by atoms with Crippen LogP contribution in [0.4, 0.5) is 4.79 Å². The maximum Gasteiger partial charge on any atom is 0.321 e. The minimum atomic E-state index is -3.03. The standard InChI is InChI=1S/C7H11ClN2O4S/c8-3-6(11)10-7(12)9-5-1-2-15(13,14)4-5/h5H,1-4H2,(H2,9,10,11,12). The summed E-state index contributed by atoms with van der Waals surface area (Å²) in [6.07, 6.45) is 0.380. The Labute approximate surface area is 92.3 Å². The Hall–Kier alpha value is -0.820. The van der Waals surface area contributed by atoms with Crippen LogP contribution in [-0.4, -0.2) is 43.8 Å². The second kappa shape index (κ2) is 4.80. The van der Waals surface area contributed by atoms with Gasteiger partial charge in [-0.1, -0.05) is 0 Å². The van der Waals surface area contributed by atoms with E-state index in [4.69, 9.17) is 11.6 Å². The van der Waals surface area contributed by atoms with Gasteiger partial charge in [0.25, 0.3) is 0 Å². The van der Waals surface area contributed by atoms with Crippen molar-refractivity contribution in [3.63, 3.8) is 0 Å². The minimum absolute atomic E-state index is 0.0708. The first kappa shape index (κ1) is 12.3. The van der Waals surface area contributed by atoms with Crippen LogP contribution >= 0.6 is 11.6 Å². The van der Waals surface area contributed by atoms with Gasteiger partial charge in [-0.2, -0.15) is 0 Å². The number of alkyl halides is 1. The second-order valence-corrected chi connectivity index (χ2v) is 5.75. The average Bonchev–Trinajstić information content (AvgIpc) is 2.44. The molecule has 1 rings (SSSR count). The lowest BCUT2D eigenvalue weighted by molar-refractivity contribution is -0.117. The van der Waals surface area contributed by atoms with Gasteiger partial charge in [0.15, 0.2) is 9.84 Å². The van der Waals surface area contributed by atoms with E-state index in [9.17, 15) is 18.0 Å². The quantitative estimate of drug-likeness (QED) is 0.634. The molecule has 8 heteroatoms. The van der Waals surface area contributed by atoms with E-state index in [-0.39, 0.29) is 17.4 Å². The molecule has 3 amide bonds. The Morgan fingerprint density at radius 2 is 2.07 bits per heavy atom. The van der Waals surface area contributed by atoms with E-state index in [1.54, 1.807) is 0 Å². The highest BCUT2D eigenvalue weighted by Gasteiger charge is 2.29. The molecule has 0 spiro atoms. The molecule has 0 aromatic heterocycles. The van der Waals surface area contributed by atoms with Crippen molar-refractivity contribution in [2.45, 2.75) is 12.5 Å². The number of carbonyl (C=O) groups is 2. The van der Waals surface area contributed by atoms with Gasteiger partial charge in [-0.3, -0.25) is 10.1 Å². The van der Waals surface area contributed by atoms with Gasteiger partial charge in [0, 0.05) is 6.04 Å². The molecule has 0 aliphatic carbocycles. The summed E-state index contributed by atoms with van der Waals surface area (Å²) >= 11 is 5.17. The molecule has 1 atom stereocenters. The molecular formula is C7H11ClN2O4S. The highest BCUT2D eigenvalue weighted by Crippen LogP contribution is 2.10. The Kier molecular flexibility index (Phi) is 3.92. The molecule has 1 fully saturated rings. The van der Waals surface area contributed by atoms with Crippen molar-refractivity contribution in [1.29, 1.82) is 0 Å². The van der Waals surface area contributed by atoms with Gasteiger partial charge < -0.3 is 5.32 Å². The van der Waals surface area contributed by atoms with Crippen LogP contribution in [0.5, 0.6) is 0 Å². The van der Waals surface area contributed by atoms with Crippen LogP contribution in [0.1, 0.15) is 6.42 Å². The fourth-order valence-electron chi connectivity index (χ4n) is 1.29. The van der Waals surface area contributed by atoms with Gasteiger partial charge >= 0.3 is 6.03 Å². The second-order valence-electron chi connectivity index (χ2n) is 3.26. The van der Waals surface area contributed by atoms with E-state index < -0.39 is 27.8 Å². The van der Waals surface area contributed by atoms with Crippen molar-refractivity contribution in [2.75, 3.05) is 17.4 Å². The van der Waals surface area contributed by atoms with Crippen LogP contribution in [-0.2, 0) is 14.6 Å². The number of urea groups is 1. The number of hydrogen-bond donors (Lipinski definition) is 2. The molecular weight excluding hydrogens is 244 g/mol. The molecule has 2 N–H and O–H groups in total. The number of sulfone groups is 1. The highest BCUT2D eigenvalue weighted by atomic mass is 35.5. The van der Waals surface area contributed by atoms with E-state index in [2.05, 4.69) is 5.32 Å². The smallest absolute Gasteiger partial charge is 0.321 e. The number of amides is 3. The Morgan fingerprint density at radius 3 is 2.53 bits per heavy atom. The van der Waals surface area contributed by atoms with E-state index >= 15 is 0 Å². The topological polar surface area (TPSA) is 92.3 Å². The van der Waals surface area contributed by atoms with Crippen molar-refractivity contribution >= 4 is 33.4 Å².